The Morgan fingerprint density at radius 3 is 2.76 bits per heavy atom. The smallest absolute Gasteiger partial charge is 0.323 e. The minimum Gasteiger partial charge on any atom is -0.324 e. The minimum atomic E-state index is -0.372. The maximum Gasteiger partial charge on any atom is 0.323 e. The fraction of sp³-hybridized carbons (Fsp3) is 0.333. The van der Waals surface area contributed by atoms with Crippen molar-refractivity contribution < 1.29 is 9.18 Å². The van der Waals surface area contributed by atoms with Gasteiger partial charge in [-0.15, -0.1) is 0 Å². The molecule has 1 fully saturated rings. The van der Waals surface area contributed by atoms with Crippen LogP contribution in [0.1, 0.15) is 0 Å². The van der Waals surface area contributed by atoms with Crippen molar-refractivity contribution in [3.63, 3.8) is 0 Å². The zero-order valence-electron chi connectivity index (χ0n) is 11.8. The average Bonchev–Trinajstić information content (AvgIpc) is 2.79. The fourth-order valence-corrected chi connectivity index (χ4v) is 2.42. The number of likely N-dealkylation sites (tertiary alicyclic amines) is 1. The summed E-state index contributed by atoms with van der Waals surface area (Å²) in [6, 6.07) is 9.53. The Bertz CT molecular complexity index is 634. The van der Waals surface area contributed by atoms with Gasteiger partial charge in [0.25, 0.3) is 0 Å². The van der Waals surface area contributed by atoms with E-state index in [9.17, 15) is 9.18 Å². The molecule has 2 heterocycles. The molecule has 2 aromatic rings. The minimum absolute atomic E-state index is 0.0203. The highest BCUT2D eigenvalue weighted by Gasteiger charge is 2.31. The number of nitrogens with zero attached hydrogens (tertiary/aromatic N) is 3. The predicted molar refractivity (Wildman–Crippen MR) is 78.7 cm³/mol. The second-order valence-electron chi connectivity index (χ2n) is 5.29. The molecule has 6 heteroatoms. The van der Waals surface area contributed by atoms with Crippen LogP contribution in [0.5, 0.6) is 0 Å². The van der Waals surface area contributed by atoms with Crippen molar-refractivity contribution in [1.29, 1.82) is 0 Å². The first-order valence-electron chi connectivity index (χ1n) is 6.88. The first kappa shape index (κ1) is 13.6. The Kier molecular flexibility index (Phi) is 3.60. The number of rotatable bonds is 3. The molecule has 2 amide bonds. The third-order valence-corrected chi connectivity index (χ3v) is 3.60. The molecule has 1 aromatic heterocycles. The highest BCUT2D eigenvalue weighted by Crippen LogP contribution is 2.27. The van der Waals surface area contributed by atoms with Gasteiger partial charge in [0, 0.05) is 37.8 Å². The molecule has 1 saturated heterocycles. The van der Waals surface area contributed by atoms with E-state index in [4.69, 9.17) is 0 Å². The maximum atomic E-state index is 12.4. The summed E-state index contributed by atoms with van der Waals surface area (Å²) in [5.41, 5.74) is 1.86. The summed E-state index contributed by atoms with van der Waals surface area (Å²) in [6.07, 6.45) is 1.87. The molecular formula is C15H17FN4O. The van der Waals surface area contributed by atoms with E-state index in [1.165, 1.54) is 0 Å². The second kappa shape index (κ2) is 5.55. The van der Waals surface area contributed by atoms with Gasteiger partial charge in [-0.2, -0.15) is 5.10 Å². The van der Waals surface area contributed by atoms with Gasteiger partial charge in [0.15, 0.2) is 5.82 Å². The highest BCUT2D eigenvalue weighted by molar-refractivity contribution is 5.93. The SMILES string of the molecule is Cn1cc(-c2ccccc2)c(NC(=O)N2CC(CF)C2)n1. The molecule has 0 saturated carbocycles. The van der Waals surface area contributed by atoms with E-state index in [1.54, 1.807) is 9.58 Å². The van der Waals surface area contributed by atoms with Crippen LogP contribution in [0.25, 0.3) is 11.1 Å². The van der Waals surface area contributed by atoms with Crippen molar-refractivity contribution >= 4 is 11.8 Å². The Labute approximate surface area is 122 Å². The molecule has 1 aliphatic heterocycles. The van der Waals surface area contributed by atoms with Crippen LogP contribution in [0.3, 0.4) is 0 Å². The molecule has 0 unspecified atom stereocenters. The molecule has 110 valence electrons. The Hall–Kier alpha value is -2.37. The number of urea groups is 1. The number of aromatic nitrogens is 2. The second-order valence-corrected chi connectivity index (χ2v) is 5.29. The zero-order valence-corrected chi connectivity index (χ0v) is 11.8. The van der Waals surface area contributed by atoms with Crippen LogP contribution in [0.4, 0.5) is 15.0 Å². The largest absolute Gasteiger partial charge is 0.324 e. The number of anilines is 1. The third-order valence-electron chi connectivity index (χ3n) is 3.60. The molecule has 0 radical (unpaired) electrons. The molecule has 0 aliphatic carbocycles. The van der Waals surface area contributed by atoms with E-state index in [1.807, 2.05) is 43.6 Å². The van der Waals surface area contributed by atoms with E-state index < -0.39 is 0 Å². The van der Waals surface area contributed by atoms with Gasteiger partial charge < -0.3 is 4.90 Å². The van der Waals surface area contributed by atoms with E-state index >= 15 is 0 Å². The lowest BCUT2D eigenvalue weighted by Gasteiger charge is -2.37. The van der Waals surface area contributed by atoms with E-state index in [0.717, 1.165) is 11.1 Å². The lowest BCUT2D eigenvalue weighted by molar-refractivity contribution is 0.113. The van der Waals surface area contributed by atoms with Crippen LogP contribution in [0, 0.1) is 5.92 Å². The van der Waals surface area contributed by atoms with Gasteiger partial charge in [-0.25, -0.2) is 4.79 Å². The number of carbonyl (C=O) groups is 1. The van der Waals surface area contributed by atoms with E-state index in [2.05, 4.69) is 10.4 Å². The summed E-state index contributed by atoms with van der Waals surface area (Å²) in [5, 5.41) is 7.10. The number of carbonyl (C=O) groups excluding carboxylic acids is 1. The van der Waals surface area contributed by atoms with Crippen LogP contribution in [0.2, 0.25) is 0 Å². The molecule has 1 aliphatic rings. The van der Waals surface area contributed by atoms with Crippen LogP contribution in [-0.2, 0) is 7.05 Å². The standard InChI is InChI=1S/C15H17FN4O/c1-19-10-13(12-5-3-2-4-6-12)14(18-19)17-15(21)20-8-11(7-16)9-20/h2-6,10-11H,7-9H2,1H3,(H,17,18,21). The van der Waals surface area contributed by atoms with E-state index in [-0.39, 0.29) is 18.6 Å². The molecule has 1 N–H and O–H groups in total. The number of alkyl halides is 1. The molecule has 0 spiro atoms. The number of aryl methyl sites for hydroxylation is 1. The molecule has 0 atom stereocenters. The topological polar surface area (TPSA) is 50.2 Å². The summed E-state index contributed by atoms with van der Waals surface area (Å²) in [7, 11) is 1.81. The molecule has 5 nitrogen and oxygen atoms in total. The average molecular weight is 288 g/mol. The summed E-state index contributed by atoms with van der Waals surface area (Å²) >= 11 is 0. The first-order valence-corrected chi connectivity index (χ1v) is 6.88. The van der Waals surface area contributed by atoms with Crippen LogP contribution < -0.4 is 5.32 Å². The van der Waals surface area contributed by atoms with Crippen molar-refractivity contribution in [2.45, 2.75) is 0 Å². The maximum absolute atomic E-state index is 12.4. The predicted octanol–water partition coefficient (Wildman–Crippen LogP) is 2.52. The van der Waals surface area contributed by atoms with Crippen molar-refractivity contribution in [3.8, 4) is 11.1 Å². The summed E-state index contributed by atoms with van der Waals surface area (Å²) < 4.78 is 14.1. The lowest BCUT2D eigenvalue weighted by Crippen LogP contribution is -2.52. The van der Waals surface area contributed by atoms with Gasteiger partial charge in [-0.3, -0.25) is 14.4 Å². The summed E-state index contributed by atoms with van der Waals surface area (Å²) in [6.45, 7) is 0.564. The lowest BCUT2D eigenvalue weighted by atomic mass is 10.0. The zero-order chi connectivity index (χ0) is 14.8. The van der Waals surface area contributed by atoms with Crippen molar-refractivity contribution in [2.75, 3.05) is 25.1 Å². The van der Waals surface area contributed by atoms with Crippen LogP contribution >= 0.6 is 0 Å². The van der Waals surface area contributed by atoms with Gasteiger partial charge in [-0.1, -0.05) is 30.3 Å². The fourth-order valence-electron chi connectivity index (χ4n) is 2.42. The summed E-state index contributed by atoms with van der Waals surface area (Å²) in [5.74, 6) is 0.505. The normalized spacial score (nSPS) is 14.9. The molecule has 0 bridgehead atoms. The molecule has 1 aromatic carbocycles. The highest BCUT2D eigenvalue weighted by atomic mass is 19.1. The molecule has 21 heavy (non-hydrogen) atoms. The number of hydrogen-bond acceptors (Lipinski definition) is 2. The quantitative estimate of drug-likeness (QED) is 0.943. The Morgan fingerprint density at radius 1 is 1.38 bits per heavy atom. The molecular weight excluding hydrogens is 271 g/mol. The van der Waals surface area contributed by atoms with Crippen molar-refractivity contribution in [3.05, 3.63) is 36.5 Å². The van der Waals surface area contributed by atoms with Gasteiger partial charge >= 0.3 is 6.03 Å². The number of halogens is 1. The van der Waals surface area contributed by atoms with Gasteiger partial charge in [0.05, 0.1) is 6.67 Å². The van der Waals surface area contributed by atoms with Crippen molar-refractivity contribution in [1.82, 2.24) is 14.7 Å². The first-order chi connectivity index (χ1) is 10.2. The van der Waals surface area contributed by atoms with Gasteiger partial charge in [0.1, 0.15) is 0 Å². The Balaban J connectivity index is 1.76. The Morgan fingerprint density at radius 2 is 2.10 bits per heavy atom. The van der Waals surface area contributed by atoms with Crippen molar-refractivity contribution in [2.24, 2.45) is 13.0 Å². The monoisotopic (exact) mass is 288 g/mol. The number of amides is 2. The molecule has 3 rings (SSSR count). The van der Waals surface area contributed by atoms with E-state index in [0.29, 0.717) is 18.9 Å². The van der Waals surface area contributed by atoms with Crippen LogP contribution in [0.15, 0.2) is 36.5 Å². The van der Waals surface area contributed by atoms with Crippen LogP contribution in [-0.4, -0.2) is 40.5 Å². The van der Waals surface area contributed by atoms with Gasteiger partial charge in [-0.05, 0) is 5.56 Å². The van der Waals surface area contributed by atoms with Gasteiger partial charge in [0.2, 0.25) is 0 Å². The third kappa shape index (κ3) is 2.74. The number of benzene rings is 1. The summed E-state index contributed by atoms with van der Waals surface area (Å²) in [4.78, 5) is 13.7. The number of hydrogen-bond donors (Lipinski definition) is 1. The number of nitrogens with one attached hydrogen (secondary N) is 1.